The molecule has 0 saturated carbocycles. The van der Waals surface area contributed by atoms with Gasteiger partial charge in [-0.15, -0.1) is 0 Å². The van der Waals surface area contributed by atoms with E-state index in [4.69, 9.17) is 0 Å². The van der Waals surface area contributed by atoms with Gasteiger partial charge in [0.1, 0.15) is 10.7 Å². The molecule has 3 aromatic rings. The number of nitrogens with zero attached hydrogens (tertiary/aromatic N) is 3. The lowest BCUT2D eigenvalue weighted by Crippen LogP contribution is -2.19. The number of carbonyl (C=O) groups excluding carboxylic acids is 1. The predicted octanol–water partition coefficient (Wildman–Crippen LogP) is 3.11. The van der Waals surface area contributed by atoms with Crippen molar-refractivity contribution >= 4 is 21.6 Å². The Bertz CT molecular complexity index is 1150. The normalized spacial score (nSPS) is 11.4. The summed E-state index contributed by atoms with van der Waals surface area (Å²) in [6, 6.07) is 8.03. The van der Waals surface area contributed by atoms with E-state index < -0.39 is 21.6 Å². The number of hydrogen-bond donors (Lipinski definition) is 1. The minimum Gasteiger partial charge on any atom is -0.288 e. The number of nitrogens with one attached hydrogen (secondary N) is 1. The summed E-state index contributed by atoms with van der Waals surface area (Å²) in [6.07, 6.45) is 2.31. The van der Waals surface area contributed by atoms with Crippen LogP contribution in [0.5, 0.6) is 0 Å². The van der Waals surface area contributed by atoms with Crippen LogP contribution in [0.25, 0.3) is 0 Å². The molecule has 0 aliphatic carbocycles. The number of aryl methyl sites for hydroxylation is 2. The monoisotopic (exact) mass is 416 g/mol. The standard InChI is InChI=1S/C20H21FN4O3S/c1-4-16-19(17(5-2)25(3)23-16)29(27,28)24-20-15(7-6-12-22-20)18(26)13-8-10-14(21)11-9-13/h6-12H,4-5H2,1-3H3,(H,22,24). The third-order valence-electron chi connectivity index (χ3n) is 4.51. The van der Waals surface area contributed by atoms with Gasteiger partial charge in [-0.3, -0.25) is 14.2 Å². The molecule has 0 saturated heterocycles. The van der Waals surface area contributed by atoms with Gasteiger partial charge in [-0.2, -0.15) is 5.10 Å². The fraction of sp³-hybridized carbons (Fsp3) is 0.250. The van der Waals surface area contributed by atoms with Crippen LogP contribution in [0.1, 0.15) is 41.2 Å². The van der Waals surface area contributed by atoms with Crippen molar-refractivity contribution in [2.45, 2.75) is 31.6 Å². The first kappa shape index (κ1) is 20.7. The van der Waals surface area contributed by atoms with Gasteiger partial charge in [0.25, 0.3) is 10.0 Å². The SMILES string of the molecule is CCc1nn(C)c(CC)c1S(=O)(=O)Nc1ncccc1C(=O)c1ccc(F)cc1. The minimum absolute atomic E-state index is 0.0719. The zero-order valence-corrected chi connectivity index (χ0v) is 17.1. The molecule has 2 heterocycles. The van der Waals surface area contributed by atoms with Crippen LogP contribution in [0.15, 0.2) is 47.5 Å². The average molecular weight is 416 g/mol. The molecule has 2 aromatic heterocycles. The Morgan fingerprint density at radius 3 is 2.45 bits per heavy atom. The molecule has 152 valence electrons. The Hall–Kier alpha value is -3.07. The van der Waals surface area contributed by atoms with E-state index in [2.05, 4.69) is 14.8 Å². The van der Waals surface area contributed by atoms with Crippen LogP contribution in [0.3, 0.4) is 0 Å². The lowest BCUT2D eigenvalue weighted by molar-refractivity contribution is 0.103. The molecule has 0 fully saturated rings. The van der Waals surface area contributed by atoms with E-state index in [1.165, 1.54) is 42.6 Å². The molecule has 0 aliphatic rings. The van der Waals surface area contributed by atoms with Gasteiger partial charge in [0.05, 0.1) is 17.0 Å². The predicted molar refractivity (Wildman–Crippen MR) is 107 cm³/mol. The van der Waals surface area contributed by atoms with Crippen molar-refractivity contribution in [3.63, 3.8) is 0 Å². The maximum atomic E-state index is 13.2. The average Bonchev–Trinajstić information content (AvgIpc) is 3.04. The zero-order chi connectivity index (χ0) is 21.2. The Kier molecular flexibility index (Phi) is 5.78. The number of halogens is 1. The number of sulfonamides is 1. The number of benzene rings is 1. The number of anilines is 1. The van der Waals surface area contributed by atoms with E-state index in [1.807, 2.05) is 13.8 Å². The number of aromatic nitrogens is 3. The van der Waals surface area contributed by atoms with Crippen molar-refractivity contribution in [3.8, 4) is 0 Å². The van der Waals surface area contributed by atoms with Crippen LogP contribution in [0.4, 0.5) is 10.2 Å². The van der Waals surface area contributed by atoms with Crippen LogP contribution >= 0.6 is 0 Å². The van der Waals surface area contributed by atoms with Crippen molar-refractivity contribution in [1.82, 2.24) is 14.8 Å². The van der Waals surface area contributed by atoms with Gasteiger partial charge in [-0.1, -0.05) is 13.8 Å². The van der Waals surface area contributed by atoms with Crippen molar-refractivity contribution in [2.24, 2.45) is 7.05 Å². The summed E-state index contributed by atoms with van der Waals surface area (Å²) in [5, 5.41) is 4.30. The van der Waals surface area contributed by atoms with Gasteiger partial charge in [-0.25, -0.2) is 17.8 Å². The Balaban J connectivity index is 2.04. The highest BCUT2D eigenvalue weighted by Crippen LogP contribution is 2.26. The van der Waals surface area contributed by atoms with E-state index in [0.717, 1.165) is 0 Å². The smallest absolute Gasteiger partial charge is 0.266 e. The second kappa shape index (κ2) is 8.12. The first-order valence-electron chi connectivity index (χ1n) is 9.11. The molecule has 9 heteroatoms. The molecule has 1 aromatic carbocycles. The van der Waals surface area contributed by atoms with Crippen molar-refractivity contribution in [3.05, 3.63) is 70.9 Å². The molecule has 3 rings (SSSR count). The summed E-state index contributed by atoms with van der Waals surface area (Å²) in [5.74, 6) is -1.02. The third kappa shape index (κ3) is 4.04. The van der Waals surface area contributed by atoms with Gasteiger partial charge in [0.15, 0.2) is 11.6 Å². The van der Waals surface area contributed by atoms with Crippen molar-refractivity contribution < 1.29 is 17.6 Å². The first-order valence-corrected chi connectivity index (χ1v) is 10.6. The highest BCUT2D eigenvalue weighted by Gasteiger charge is 2.28. The quantitative estimate of drug-likeness (QED) is 0.597. The van der Waals surface area contributed by atoms with E-state index in [9.17, 15) is 17.6 Å². The third-order valence-corrected chi connectivity index (χ3v) is 5.98. The van der Waals surface area contributed by atoms with Crippen molar-refractivity contribution in [1.29, 1.82) is 0 Å². The van der Waals surface area contributed by atoms with Gasteiger partial charge in [0.2, 0.25) is 0 Å². The van der Waals surface area contributed by atoms with Crippen LogP contribution in [0, 0.1) is 5.82 Å². The fourth-order valence-electron chi connectivity index (χ4n) is 3.14. The molecule has 0 radical (unpaired) electrons. The highest BCUT2D eigenvalue weighted by atomic mass is 32.2. The molecule has 7 nitrogen and oxygen atoms in total. The molecule has 0 bridgehead atoms. The van der Waals surface area contributed by atoms with Crippen LogP contribution < -0.4 is 4.72 Å². The van der Waals surface area contributed by atoms with E-state index in [1.54, 1.807) is 11.7 Å². The Morgan fingerprint density at radius 2 is 1.83 bits per heavy atom. The molecule has 29 heavy (non-hydrogen) atoms. The van der Waals surface area contributed by atoms with E-state index in [-0.39, 0.29) is 21.8 Å². The topological polar surface area (TPSA) is 93.9 Å². The van der Waals surface area contributed by atoms with Gasteiger partial charge in [0, 0.05) is 18.8 Å². The number of pyridine rings is 1. The maximum absolute atomic E-state index is 13.2. The molecule has 0 amide bonds. The zero-order valence-electron chi connectivity index (χ0n) is 16.3. The Labute approximate surface area is 168 Å². The lowest BCUT2D eigenvalue weighted by atomic mass is 10.0. The number of ketones is 1. The van der Waals surface area contributed by atoms with Crippen LogP contribution in [0.2, 0.25) is 0 Å². The van der Waals surface area contributed by atoms with E-state index >= 15 is 0 Å². The minimum atomic E-state index is -4.03. The highest BCUT2D eigenvalue weighted by molar-refractivity contribution is 7.92. The maximum Gasteiger partial charge on any atom is 0.266 e. The summed E-state index contributed by atoms with van der Waals surface area (Å²) in [6.45, 7) is 3.67. The number of hydrogen-bond acceptors (Lipinski definition) is 5. The van der Waals surface area contributed by atoms with Crippen LogP contribution in [-0.2, 0) is 29.9 Å². The van der Waals surface area contributed by atoms with Gasteiger partial charge >= 0.3 is 0 Å². The summed E-state index contributed by atoms with van der Waals surface area (Å²) >= 11 is 0. The van der Waals surface area contributed by atoms with Crippen molar-refractivity contribution in [2.75, 3.05) is 4.72 Å². The molecule has 1 N–H and O–H groups in total. The van der Waals surface area contributed by atoms with E-state index in [0.29, 0.717) is 24.2 Å². The second-order valence-corrected chi connectivity index (χ2v) is 8.01. The van der Waals surface area contributed by atoms with Crippen LogP contribution in [-0.4, -0.2) is 29.0 Å². The number of carbonyl (C=O) groups is 1. The fourth-order valence-corrected chi connectivity index (χ4v) is 4.74. The second-order valence-electron chi connectivity index (χ2n) is 6.39. The molecule has 0 aliphatic heterocycles. The number of rotatable bonds is 7. The lowest BCUT2D eigenvalue weighted by Gasteiger charge is -2.12. The summed E-state index contributed by atoms with van der Waals surface area (Å²) in [4.78, 5) is 17.0. The summed E-state index contributed by atoms with van der Waals surface area (Å²) < 4.78 is 43.5. The largest absolute Gasteiger partial charge is 0.288 e. The van der Waals surface area contributed by atoms with Gasteiger partial charge in [-0.05, 0) is 49.2 Å². The molecule has 0 atom stereocenters. The Morgan fingerprint density at radius 1 is 1.14 bits per heavy atom. The summed E-state index contributed by atoms with van der Waals surface area (Å²) in [5.41, 5.74) is 1.31. The molecule has 0 unspecified atom stereocenters. The molecule has 0 spiro atoms. The summed E-state index contributed by atoms with van der Waals surface area (Å²) in [7, 11) is -2.34. The van der Waals surface area contributed by atoms with Gasteiger partial charge < -0.3 is 0 Å². The first-order chi connectivity index (χ1) is 13.8. The molecular formula is C20H21FN4O3S. The molecular weight excluding hydrogens is 395 g/mol.